The van der Waals surface area contributed by atoms with Gasteiger partial charge in [0.25, 0.3) is 0 Å². The Bertz CT molecular complexity index is 332. The third-order valence-corrected chi connectivity index (χ3v) is 3.44. The van der Waals surface area contributed by atoms with Gasteiger partial charge in [0.05, 0.1) is 22.5 Å². The second-order valence-electron chi connectivity index (χ2n) is 3.07. The molecule has 82 valence electrons. The van der Waals surface area contributed by atoms with Gasteiger partial charge in [0.15, 0.2) is 0 Å². The molecule has 1 rings (SSSR count). The third kappa shape index (κ3) is 4.33. The molecule has 1 aromatic rings. The fourth-order valence-electron chi connectivity index (χ4n) is 1.19. The number of furan rings is 1. The first-order valence-corrected chi connectivity index (χ1v) is 6.68. The SMILES string of the molecule is C#CCSCCNC(C)c1occc1Br. The minimum atomic E-state index is 0.223. The van der Waals surface area contributed by atoms with Crippen LogP contribution < -0.4 is 5.32 Å². The molecule has 1 heterocycles. The highest BCUT2D eigenvalue weighted by atomic mass is 79.9. The normalized spacial score (nSPS) is 12.3. The van der Waals surface area contributed by atoms with Crippen molar-refractivity contribution in [1.29, 1.82) is 0 Å². The number of halogens is 1. The van der Waals surface area contributed by atoms with Crippen molar-refractivity contribution in [3.8, 4) is 12.3 Å². The molecule has 0 aliphatic heterocycles. The average Bonchev–Trinajstić information content (AvgIpc) is 2.64. The maximum Gasteiger partial charge on any atom is 0.134 e. The van der Waals surface area contributed by atoms with E-state index in [1.807, 2.05) is 6.07 Å². The Kier molecular flexibility index (Phi) is 5.92. The van der Waals surface area contributed by atoms with Crippen LogP contribution in [0.4, 0.5) is 0 Å². The van der Waals surface area contributed by atoms with E-state index in [-0.39, 0.29) is 6.04 Å². The topological polar surface area (TPSA) is 25.2 Å². The maximum absolute atomic E-state index is 5.36. The molecular weight excluding hydrogens is 274 g/mol. The van der Waals surface area contributed by atoms with Crippen LogP contribution in [-0.2, 0) is 0 Å². The van der Waals surface area contributed by atoms with Crippen molar-refractivity contribution >= 4 is 27.7 Å². The van der Waals surface area contributed by atoms with Crippen molar-refractivity contribution in [1.82, 2.24) is 5.32 Å². The van der Waals surface area contributed by atoms with Gasteiger partial charge in [0, 0.05) is 12.3 Å². The maximum atomic E-state index is 5.36. The number of nitrogens with one attached hydrogen (secondary N) is 1. The average molecular weight is 288 g/mol. The van der Waals surface area contributed by atoms with Gasteiger partial charge >= 0.3 is 0 Å². The van der Waals surface area contributed by atoms with E-state index in [1.54, 1.807) is 18.0 Å². The van der Waals surface area contributed by atoms with Crippen LogP contribution >= 0.6 is 27.7 Å². The van der Waals surface area contributed by atoms with E-state index in [0.29, 0.717) is 0 Å². The lowest BCUT2D eigenvalue weighted by molar-refractivity contribution is 0.435. The second kappa shape index (κ2) is 7.00. The molecule has 1 N–H and O–H groups in total. The quantitative estimate of drug-likeness (QED) is 0.643. The van der Waals surface area contributed by atoms with Gasteiger partial charge in [-0.25, -0.2) is 0 Å². The molecule has 0 aliphatic carbocycles. The van der Waals surface area contributed by atoms with Crippen LogP contribution in [0.5, 0.6) is 0 Å². The Hall–Kier alpha value is -0.370. The van der Waals surface area contributed by atoms with Crippen molar-refractivity contribution in [3.63, 3.8) is 0 Å². The molecule has 0 saturated carbocycles. The van der Waals surface area contributed by atoms with Crippen LogP contribution in [0.1, 0.15) is 18.7 Å². The lowest BCUT2D eigenvalue weighted by Crippen LogP contribution is -2.21. The number of thioether (sulfide) groups is 1. The predicted octanol–water partition coefficient (Wildman–Crippen LogP) is 3.06. The summed E-state index contributed by atoms with van der Waals surface area (Å²) in [6, 6.07) is 2.13. The Morgan fingerprint density at radius 3 is 3.13 bits per heavy atom. The lowest BCUT2D eigenvalue weighted by Gasteiger charge is -2.11. The summed E-state index contributed by atoms with van der Waals surface area (Å²) >= 11 is 5.19. The van der Waals surface area contributed by atoms with Crippen molar-refractivity contribution in [2.75, 3.05) is 18.1 Å². The van der Waals surface area contributed by atoms with Gasteiger partial charge in [-0.2, -0.15) is 0 Å². The third-order valence-electron chi connectivity index (χ3n) is 1.92. The van der Waals surface area contributed by atoms with Gasteiger partial charge in [-0.3, -0.25) is 0 Å². The van der Waals surface area contributed by atoms with Gasteiger partial charge in [-0.15, -0.1) is 18.2 Å². The Balaban J connectivity index is 2.23. The second-order valence-corrected chi connectivity index (χ2v) is 5.02. The molecule has 15 heavy (non-hydrogen) atoms. The first-order valence-electron chi connectivity index (χ1n) is 4.73. The van der Waals surface area contributed by atoms with Gasteiger partial charge in [0.1, 0.15) is 5.76 Å². The molecule has 1 atom stereocenters. The van der Waals surface area contributed by atoms with E-state index in [1.165, 1.54) is 0 Å². The van der Waals surface area contributed by atoms with Crippen molar-refractivity contribution in [2.45, 2.75) is 13.0 Å². The predicted molar refractivity (Wildman–Crippen MR) is 69.0 cm³/mol. The summed E-state index contributed by atoms with van der Waals surface area (Å²) in [4.78, 5) is 0. The number of terminal acetylenes is 1. The molecule has 0 spiro atoms. The summed E-state index contributed by atoms with van der Waals surface area (Å²) in [5, 5.41) is 3.37. The summed E-state index contributed by atoms with van der Waals surface area (Å²) in [7, 11) is 0. The summed E-state index contributed by atoms with van der Waals surface area (Å²) in [6.45, 7) is 3.01. The summed E-state index contributed by atoms with van der Waals surface area (Å²) in [5.74, 6) is 5.34. The molecule has 0 saturated heterocycles. The fourth-order valence-corrected chi connectivity index (χ4v) is 2.25. The summed E-state index contributed by atoms with van der Waals surface area (Å²) in [5.41, 5.74) is 0. The van der Waals surface area contributed by atoms with Crippen LogP contribution in [0.15, 0.2) is 21.2 Å². The van der Waals surface area contributed by atoms with Crippen molar-refractivity contribution < 1.29 is 4.42 Å². The molecule has 0 aliphatic rings. The number of rotatable bonds is 6. The largest absolute Gasteiger partial charge is 0.466 e. The highest BCUT2D eigenvalue weighted by Crippen LogP contribution is 2.23. The monoisotopic (exact) mass is 287 g/mol. The molecule has 0 radical (unpaired) electrons. The highest BCUT2D eigenvalue weighted by Gasteiger charge is 2.11. The van der Waals surface area contributed by atoms with Gasteiger partial charge in [-0.05, 0) is 28.9 Å². The molecule has 0 amide bonds. The Labute approximate surface area is 103 Å². The van der Waals surface area contributed by atoms with Crippen LogP contribution in [-0.4, -0.2) is 18.1 Å². The minimum Gasteiger partial charge on any atom is -0.466 e. The molecular formula is C11H14BrNOS. The zero-order valence-corrected chi connectivity index (χ0v) is 11.0. The van der Waals surface area contributed by atoms with E-state index in [0.717, 1.165) is 28.3 Å². The minimum absolute atomic E-state index is 0.223. The lowest BCUT2D eigenvalue weighted by atomic mass is 10.2. The zero-order chi connectivity index (χ0) is 11.1. The fraction of sp³-hybridized carbons (Fsp3) is 0.455. The highest BCUT2D eigenvalue weighted by molar-refractivity contribution is 9.10. The van der Waals surface area contributed by atoms with E-state index in [2.05, 4.69) is 34.1 Å². The standard InChI is InChI=1S/C11H14BrNOS/c1-3-7-15-8-5-13-9(2)11-10(12)4-6-14-11/h1,4,6,9,13H,5,7-8H2,2H3. The molecule has 1 aromatic heterocycles. The van der Waals surface area contributed by atoms with Gasteiger partial charge in [0.2, 0.25) is 0 Å². The molecule has 1 unspecified atom stereocenters. The van der Waals surface area contributed by atoms with Crippen LogP contribution in [0.25, 0.3) is 0 Å². The zero-order valence-electron chi connectivity index (χ0n) is 8.63. The van der Waals surface area contributed by atoms with Crippen molar-refractivity contribution in [2.24, 2.45) is 0 Å². The first-order chi connectivity index (χ1) is 7.25. The summed E-state index contributed by atoms with van der Waals surface area (Å²) < 4.78 is 6.37. The molecule has 4 heteroatoms. The van der Waals surface area contributed by atoms with Crippen LogP contribution in [0.2, 0.25) is 0 Å². The number of hydrogen-bond donors (Lipinski definition) is 1. The molecule has 0 fully saturated rings. The first kappa shape index (κ1) is 12.7. The molecule has 0 bridgehead atoms. The summed E-state index contributed by atoms with van der Waals surface area (Å²) in [6.07, 6.45) is 6.84. The van der Waals surface area contributed by atoms with E-state index < -0.39 is 0 Å². The van der Waals surface area contributed by atoms with Crippen molar-refractivity contribution in [3.05, 3.63) is 22.6 Å². The van der Waals surface area contributed by atoms with Crippen LogP contribution in [0.3, 0.4) is 0 Å². The van der Waals surface area contributed by atoms with E-state index in [4.69, 9.17) is 10.8 Å². The smallest absolute Gasteiger partial charge is 0.134 e. The van der Waals surface area contributed by atoms with Gasteiger partial charge < -0.3 is 9.73 Å². The van der Waals surface area contributed by atoms with E-state index in [9.17, 15) is 0 Å². The van der Waals surface area contributed by atoms with Gasteiger partial charge in [-0.1, -0.05) is 5.92 Å². The number of hydrogen-bond acceptors (Lipinski definition) is 3. The molecule has 0 aromatic carbocycles. The Morgan fingerprint density at radius 2 is 2.53 bits per heavy atom. The van der Waals surface area contributed by atoms with E-state index >= 15 is 0 Å². The Morgan fingerprint density at radius 1 is 1.73 bits per heavy atom. The molecule has 2 nitrogen and oxygen atoms in total. The van der Waals surface area contributed by atoms with Crippen LogP contribution in [0, 0.1) is 12.3 Å².